The van der Waals surface area contributed by atoms with E-state index in [1.807, 2.05) is 0 Å². The molecule has 0 spiro atoms. The van der Waals surface area contributed by atoms with Crippen molar-refractivity contribution in [1.82, 2.24) is 0 Å². The fraction of sp³-hybridized carbons (Fsp3) is 0.361. The van der Waals surface area contributed by atoms with E-state index in [2.05, 4.69) is 159 Å². The van der Waals surface area contributed by atoms with Crippen molar-refractivity contribution in [1.29, 1.82) is 0 Å². The molecule has 0 radical (unpaired) electrons. The summed E-state index contributed by atoms with van der Waals surface area (Å²) < 4.78 is 0. The van der Waals surface area contributed by atoms with Crippen LogP contribution in [0.5, 0.6) is 0 Å². The smallest absolute Gasteiger partial charge is 1.00 e. The molecule has 0 aliphatic carbocycles. The van der Waals surface area contributed by atoms with Crippen molar-refractivity contribution >= 4 is 68.6 Å². The van der Waals surface area contributed by atoms with Gasteiger partial charge in [-0.05, 0) is 0 Å². The minimum absolute atomic E-state index is 0. The molecule has 0 unspecified atom stereocenters. The van der Waals surface area contributed by atoms with Crippen molar-refractivity contribution in [2.75, 3.05) is 0 Å². The SMILES string of the molecule is Cc1c(C)c(C)[c-]([Si](c2cccc([Si](C)(C)C)c2)(c2cccc([Si](C)(C)C)c2)c2cccc([Si](C)(C)C)c2)c1C.[Cl-].[Cl-].[Cl-].[Ti+4]. The van der Waals surface area contributed by atoms with Crippen molar-refractivity contribution in [2.45, 2.75) is 86.6 Å². The Labute approximate surface area is 306 Å². The molecule has 0 bridgehead atoms. The summed E-state index contributed by atoms with van der Waals surface area (Å²) in [7, 11) is -7.24. The molecule has 4 aromatic carbocycles. The first-order valence-corrected chi connectivity index (χ1v) is 27.5. The summed E-state index contributed by atoms with van der Waals surface area (Å²) in [6.45, 7) is 31.9. The van der Waals surface area contributed by atoms with Gasteiger partial charge in [0.1, 0.15) is 8.07 Å². The third-order valence-corrected chi connectivity index (χ3v) is 20.5. The number of benzene rings is 3. The van der Waals surface area contributed by atoms with Gasteiger partial charge in [0.05, 0.1) is 24.2 Å². The molecule has 0 atom stereocenters. The third-order valence-electron chi connectivity index (χ3n) is 9.30. The zero-order valence-corrected chi connectivity index (χ0v) is 36.9. The number of hydrogen-bond donors (Lipinski definition) is 0. The van der Waals surface area contributed by atoms with Crippen LogP contribution >= 0.6 is 0 Å². The van der Waals surface area contributed by atoms with E-state index in [-0.39, 0.29) is 58.9 Å². The van der Waals surface area contributed by atoms with Crippen LogP contribution in [0.15, 0.2) is 72.8 Å². The van der Waals surface area contributed by atoms with Crippen LogP contribution in [0.3, 0.4) is 0 Å². The van der Waals surface area contributed by atoms with Crippen LogP contribution in [-0.2, 0) is 21.7 Å². The summed E-state index contributed by atoms with van der Waals surface area (Å²) in [5.74, 6) is 0. The van der Waals surface area contributed by atoms with Crippen LogP contribution < -0.4 is 73.5 Å². The van der Waals surface area contributed by atoms with Gasteiger partial charge >= 0.3 is 21.7 Å². The van der Waals surface area contributed by atoms with Crippen LogP contribution in [0.1, 0.15) is 22.3 Å². The van der Waals surface area contributed by atoms with Gasteiger partial charge < -0.3 is 37.2 Å². The second-order valence-corrected chi connectivity index (χ2v) is 34.1. The molecule has 0 N–H and O–H groups in total. The van der Waals surface area contributed by atoms with Gasteiger partial charge in [0.2, 0.25) is 0 Å². The summed E-state index contributed by atoms with van der Waals surface area (Å²) in [4.78, 5) is 0. The zero-order valence-electron chi connectivity index (χ0n) is 29.1. The standard InChI is InChI=1S/C36H51Si4.3ClH.Ti/c1-26-27(2)29(4)36(28(26)3)40(33-20-14-17-30(23-33)37(5,6)7,34-21-15-18-31(24-34)38(8,9)10)35-22-16-19-32(25-35)39(11,12)13;;;;/h14-25H,1-13H3;3*1H;/q-1;;;;+4/p-3. The molecular formula is C36H51Cl3Si4Ti. The topological polar surface area (TPSA) is 0 Å². The maximum Gasteiger partial charge on any atom is 4.00 e. The van der Waals surface area contributed by atoms with Crippen molar-refractivity contribution in [2.24, 2.45) is 0 Å². The largest absolute Gasteiger partial charge is 4.00 e. The predicted molar refractivity (Wildman–Crippen MR) is 194 cm³/mol. The van der Waals surface area contributed by atoms with Gasteiger partial charge in [-0.15, -0.1) is 5.19 Å². The van der Waals surface area contributed by atoms with E-state index in [9.17, 15) is 0 Å². The third kappa shape index (κ3) is 8.11. The number of rotatable bonds is 7. The van der Waals surface area contributed by atoms with Crippen LogP contribution in [0, 0.1) is 27.7 Å². The second kappa shape index (κ2) is 15.6. The van der Waals surface area contributed by atoms with Crippen molar-refractivity contribution in [3.63, 3.8) is 0 Å². The normalized spacial score (nSPS) is 11.9. The molecule has 0 saturated heterocycles. The Balaban J connectivity index is 0.00000462. The molecule has 0 aromatic heterocycles. The average molecular weight is 750 g/mol. The Bertz CT molecular complexity index is 1390. The minimum atomic E-state index is -2.66. The van der Waals surface area contributed by atoms with E-state index < -0.39 is 32.3 Å². The fourth-order valence-electron chi connectivity index (χ4n) is 6.37. The molecule has 44 heavy (non-hydrogen) atoms. The van der Waals surface area contributed by atoms with E-state index in [1.54, 1.807) is 36.3 Å². The molecule has 0 amide bonds. The minimum Gasteiger partial charge on any atom is -1.00 e. The first kappa shape index (κ1) is 43.5. The summed E-state index contributed by atoms with van der Waals surface area (Å²) in [6.07, 6.45) is 0. The van der Waals surface area contributed by atoms with Gasteiger partial charge in [0.25, 0.3) is 0 Å². The Morgan fingerprint density at radius 2 is 0.636 bits per heavy atom. The van der Waals surface area contributed by atoms with E-state index in [1.165, 1.54) is 22.3 Å². The Morgan fingerprint density at radius 1 is 0.409 bits per heavy atom. The molecule has 4 aromatic rings. The molecule has 0 fully saturated rings. The molecule has 8 heteroatoms. The molecular weight excluding hydrogens is 699 g/mol. The number of hydrogen-bond acceptors (Lipinski definition) is 0. The van der Waals surface area contributed by atoms with E-state index in [4.69, 9.17) is 0 Å². The maximum atomic E-state index is 2.64. The Kier molecular flexibility index (Phi) is 15.4. The summed E-state index contributed by atoms with van der Waals surface area (Å²) in [5, 5.41) is 10.9. The van der Waals surface area contributed by atoms with Gasteiger partial charge in [0.15, 0.2) is 0 Å². The monoisotopic (exact) mass is 748 g/mol. The summed E-state index contributed by atoms with van der Waals surface area (Å²) in [5.41, 5.74) is 5.93. The van der Waals surface area contributed by atoms with Gasteiger partial charge in [-0.2, -0.15) is 22.3 Å². The van der Waals surface area contributed by atoms with Crippen molar-refractivity contribution in [3.05, 3.63) is 95.1 Å². The van der Waals surface area contributed by atoms with Gasteiger partial charge in [-0.25, -0.2) is 0 Å². The maximum absolute atomic E-state index is 2.66. The Hall–Kier alpha value is -0.538. The van der Waals surface area contributed by atoms with Crippen LogP contribution in [0.25, 0.3) is 0 Å². The van der Waals surface area contributed by atoms with Crippen molar-refractivity contribution in [3.8, 4) is 0 Å². The quantitative estimate of drug-likeness (QED) is 0.106. The van der Waals surface area contributed by atoms with Crippen LogP contribution in [0.4, 0.5) is 0 Å². The predicted octanol–water partition coefficient (Wildman–Crippen LogP) is -3.34. The van der Waals surface area contributed by atoms with Gasteiger partial charge in [0, 0.05) is 0 Å². The summed E-state index contributed by atoms with van der Waals surface area (Å²) >= 11 is 0. The fourth-order valence-corrected chi connectivity index (χ4v) is 15.9. The molecule has 236 valence electrons. The molecule has 0 saturated carbocycles. The summed E-state index contributed by atoms with van der Waals surface area (Å²) in [6, 6.07) is 29.6. The first-order valence-electron chi connectivity index (χ1n) is 15.0. The van der Waals surface area contributed by atoms with Gasteiger partial charge in [-0.3, -0.25) is 0 Å². The first-order chi connectivity index (χ1) is 18.4. The Morgan fingerprint density at radius 3 is 0.864 bits per heavy atom. The number of halogens is 3. The van der Waals surface area contributed by atoms with Crippen LogP contribution in [0.2, 0.25) is 58.9 Å². The second-order valence-electron chi connectivity index (χ2n) is 15.1. The van der Waals surface area contributed by atoms with Gasteiger partial charge in [-0.1, -0.05) is 191 Å². The zero-order chi connectivity index (χ0) is 29.8. The van der Waals surface area contributed by atoms with Crippen LogP contribution in [-0.4, -0.2) is 32.3 Å². The average Bonchev–Trinajstić information content (AvgIpc) is 3.07. The molecule has 0 aliphatic heterocycles. The molecule has 4 rings (SSSR count). The molecule has 0 heterocycles. The van der Waals surface area contributed by atoms with Crippen molar-refractivity contribution < 1.29 is 58.9 Å². The molecule has 0 aliphatic rings. The van der Waals surface area contributed by atoms with E-state index in [0.717, 1.165) is 0 Å². The van der Waals surface area contributed by atoms with E-state index >= 15 is 0 Å². The van der Waals surface area contributed by atoms with E-state index in [0.29, 0.717) is 0 Å². The molecule has 0 nitrogen and oxygen atoms in total.